The number of hydrogen-bond donors (Lipinski definition) is 0. The van der Waals surface area contributed by atoms with Crippen LogP contribution in [0.3, 0.4) is 0 Å². The number of benzene rings is 2. The molecule has 2 amide bonds. The van der Waals surface area contributed by atoms with E-state index in [1.165, 1.54) is 23.9 Å². The first kappa shape index (κ1) is 19.4. The van der Waals surface area contributed by atoms with E-state index in [0.717, 1.165) is 28.0 Å². The molecule has 1 saturated heterocycles. The number of halogens is 1. The maximum absolute atomic E-state index is 14.2. The topological polar surface area (TPSA) is 40.6 Å². The second kappa shape index (κ2) is 5.97. The minimum Gasteiger partial charge on any atom is -0.299 e. The number of carbonyl (C=O) groups is 2. The van der Waals surface area contributed by atoms with Crippen molar-refractivity contribution in [2.45, 2.75) is 50.3 Å². The average Bonchev–Trinajstić information content (AvgIpc) is 3.07. The fraction of sp³-hybridized carbons (Fsp3) is 0.333. The van der Waals surface area contributed by atoms with E-state index >= 15 is 0 Å². The van der Waals surface area contributed by atoms with Gasteiger partial charge < -0.3 is 0 Å². The minimum atomic E-state index is -1.19. The first-order valence-corrected chi connectivity index (χ1v) is 10.9. The maximum atomic E-state index is 14.2. The molecule has 30 heavy (non-hydrogen) atoms. The van der Waals surface area contributed by atoms with Gasteiger partial charge in [-0.05, 0) is 76.1 Å². The molecular formula is C24H23FN2O2S. The van der Waals surface area contributed by atoms with E-state index < -0.39 is 15.7 Å². The lowest BCUT2D eigenvalue weighted by Crippen LogP contribution is -2.55. The Labute approximate surface area is 179 Å². The van der Waals surface area contributed by atoms with Crippen LogP contribution in [0.1, 0.15) is 44.4 Å². The van der Waals surface area contributed by atoms with E-state index in [-0.39, 0.29) is 17.6 Å². The number of hydrogen-bond acceptors (Lipinski definition) is 3. The van der Waals surface area contributed by atoms with Crippen molar-refractivity contribution in [1.29, 1.82) is 0 Å². The predicted molar refractivity (Wildman–Crippen MR) is 119 cm³/mol. The Balaban J connectivity index is 1.84. The van der Waals surface area contributed by atoms with Crippen molar-refractivity contribution < 1.29 is 14.0 Å². The SMILES string of the molecule is CC1=CC(C)(C)N2C(=O)[C@]3(S[C@H](C)C(=O)N3c3ccc(F)cc3)c3cc(C)cc1c32. The second-order valence-corrected chi connectivity index (χ2v) is 10.4. The molecule has 1 spiro atoms. The van der Waals surface area contributed by atoms with Gasteiger partial charge in [-0.25, -0.2) is 4.39 Å². The van der Waals surface area contributed by atoms with Gasteiger partial charge in [-0.15, -0.1) is 11.8 Å². The molecule has 0 aromatic heterocycles. The summed E-state index contributed by atoms with van der Waals surface area (Å²) in [6.07, 6.45) is 2.11. The van der Waals surface area contributed by atoms with Gasteiger partial charge in [0.05, 0.1) is 16.5 Å². The lowest BCUT2D eigenvalue weighted by molar-refractivity contribution is -0.124. The van der Waals surface area contributed by atoms with Crippen molar-refractivity contribution >= 4 is 40.5 Å². The van der Waals surface area contributed by atoms with Crippen LogP contribution >= 0.6 is 11.8 Å². The Hall–Kier alpha value is -2.60. The molecule has 154 valence electrons. The van der Waals surface area contributed by atoms with Crippen LogP contribution < -0.4 is 9.80 Å². The fourth-order valence-electron chi connectivity index (χ4n) is 5.09. The third-order valence-electron chi connectivity index (χ3n) is 6.22. The van der Waals surface area contributed by atoms with Gasteiger partial charge in [0, 0.05) is 16.8 Å². The van der Waals surface area contributed by atoms with Crippen molar-refractivity contribution in [2.24, 2.45) is 0 Å². The molecule has 0 saturated carbocycles. The molecule has 0 N–H and O–H groups in total. The van der Waals surface area contributed by atoms with Gasteiger partial charge in [0.25, 0.3) is 5.91 Å². The molecule has 3 aliphatic rings. The highest BCUT2D eigenvalue weighted by Crippen LogP contribution is 2.61. The molecular weight excluding hydrogens is 399 g/mol. The van der Waals surface area contributed by atoms with E-state index in [9.17, 15) is 14.0 Å². The van der Waals surface area contributed by atoms with Crippen LogP contribution in [0.4, 0.5) is 15.8 Å². The molecule has 2 aromatic carbocycles. The van der Waals surface area contributed by atoms with Crippen LogP contribution in [0, 0.1) is 12.7 Å². The molecule has 0 unspecified atom stereocenters. The first-order chi connectivity index (χ1) is 14.1. The number of anilines is 2. The van der Waals surface area contributed by atoms with Crippen molar-refractivity contribution in [3.8, 4) is 0 Å². The Morgan fingerprint density at radius 1 is 1.03 bits per heavy atom. The van der Waals surface area contributed by atoms with Gasteiger partial charge in [0.2, 0.25) is 10.8 Å². The molecule has 0 aliphatic carbocycles. The van der Waals surface area contributed by atoms with Gasteiger partial charge in [-0.1, -0.05) is 12.1 Å². The summed E-state index contributed by atoms with van der Waals surface area (Å²) in [5.74, 6) is -0.639. The first-order valence-electron chi connectivity index (χ1n) is 10.0. The zero-order valence-electron chi connectivity index (χ0n) is 17.6. The highest BCUT2D eigenvalue weighted by molar-refractivity contribution is 8.03. The summed E-state index contributed by atoms with van der Waals surface area (Å²) in [5, 5.41) is -0.395. The van der Waals surface area contributed by atoms with E-state index in [1.807, 2.05) is 38.7 Å². The number of fused-ring (bicyclic) bond motifs is 1. The zero-order chi connectivity index (χ0) is 21.6. The molecule has 0 bridgehead atoms. The van der Waals surface area contributed by atoms with Gasteiger partial charge in [-0.2, -0.15) is 0 Å². The molecule has 3 aliphatic heterocycles. The van der Waals surface area contributed by atoms with Crippen molar-refractivity contribution in [2.75, 3.05) is 9.80 Å². The largest absolute Gasteiger partial charge is 0.299 e. The van der Waals surface area contributed by atoms with Crippen LogP contribution in [0.2, 0.25) is 0 Å². The number of nitrogens with zero attached hydrogens (tertiary/aromatic N) is 2. The Morgan fingerprint density at radius 3 is 2.37 bits per heavy atom. The highest BCUT2D eigenvalue weighted by Gasteiger charge is 2.65. The van der Waals surface area contributed by atoms with E-state index in [1.54, 1.807) is 17.0 Å². The number of rotatable bonds is 1. The summed E-state index contributed by atoms with van der Waals surface area (Å²) < 4.78 is 13.6. The summed E-state index contributed by atoms with van der Waals surface area (Å²) in [7, 11) is 0. The van der Waals surface area contributed by atoms with Crippen molar-refractivity contribution in [1.82, 2.24) is 0 Å². The summed E-state index contributed by atoms with van der Waals surface area (Å²) in [6, 6.07) is 9.95. The summed E-state index contributed by atoms with van der Waals surface area (Å²) in [5.41, 5.74) is 4.93. The van der Waals surface area contributed by atoms with Gasteiger partial charge >= 0.3 is 0 Å². The molecule has 1 fully saturated rings. The van der Waals surface area contributed by atoms with E-state index in [2.05, 4.69) is 19.1 Å². The normalized spacial score (nSPS) is 26.5. The maximum Gasteiger partial charge on any atom is 0.269 e. The number of allylic oxidation sites excluding steroid dienone is 1. The van der Waals surface area contributed by atoms with Crippen LogP contribution in [0.5, 0.6) is 0 Å². The lowest BCUT2D eigenvalue weighted by Gasteiger charge is -2.40. The fourth-order valence-corrected chi connectivity index (χ4v) is 6.59. The average molecular weight is 423 g/mol. The third-order valence-corrected chi connectivity index (χ3v) is 7.70. The smallest absolute Gasteiger partial charge is 0.269 e. The molecule has 5 rings (SSSR count). The van der Waals surface area contributed by atoms with Crippen LogP contribution in [0.15, 0.2) is 42.5 Å². The van der Waals surface area contributed by atoms with Crippen LogP contribution in [-0.4, -0.2) is 22.6 Å². The summed E-state index contributed by atoms with van der Waals surface area (Å²) in [6.45, 7) is 9.95. The Kier molecular flexibility index (Phi) is 3.86. The number of carbonyl (C=O) groups excluding carboxylic acids is 2. The van der Waals surface area contributed by atoms with Crippen molar-refractivity contribution in [3.63, 3.8) is 0 Å². The predicted octanol–water partition coefficient (Wildman–Crippen LogP) is 5.00. The lowest BCUT2D eigenvalue weighted by atomic mass is 9.88. The van der Waals surface area contributed by atoms with E-state index in [0.29, 0.717) is 5.69 Å². The number of amides is 2. The summed E-state index contributed by atoms with van der Waals surface area (Å²) >= 11 is 1.38. The summed E-state index contributed by atoms with van der Waals surface area (Å²) in [4.78, 5) is 29.8. The van der Waals surface area contributed by atoms with Gasteiger partial charge in [-0.3, -0.25) is 19.4 Å². The highest BCUT2D eigenvalue weighted by atomic mass is 32.2. The Morgan fingerprint density at radius 2 is 1.70 bits per heavy atom. The zero-order valence-corrected chi connectivity index (χ0v) is 18.4. The quantitative estimate of drug-likeness (QED) is 0.650. The second-order valence-electron chi connectivity index (χ2n) is 8.88. The molecule has 3 heterocycles. The number of thioether (sulfide) groups is 1. The minimum absolute atomic E-state index is 0.120. The third kappa shape index (κ3) is 2.28. The van der Waals surface area contributed by atoms with Crippen molar-refractivity contribution in [3.05, 3.63) is 65.0 Å². The standard InChI is InChI=1S/C24H23FN2O2S/c1-13-10-18-14(2)12-23(4,5)27-20(18)19(11-13)24(22(27)29)26(21(28)15(3)30-24)17-8-6-16(25)7-9-17/h6-12,15H,1-5H3/t15-,24-/m1/s1. The van der Waals surface area contributed by atoms with Gasteiger partial charge in [0.15, 0.2) is 0 Å². The van der Waals surface area contributed by atoms with E-state index in [4.69, 9.17) is 0 Å². The monoisotopic (exact) mass is 422 g/mol. The molecule has 4 nitrogen and oxygen atoms in total. The van der Waals surface area contributed by atoms with Crippen LogP contribution in [0.25, 0.3) is 5.57 Å². The molecule has 6 heteroatoms. The Bertz CT molecular complexity index is 1150. The molecule has 0 radical (unpaired) electrons. The molecule has 2 atom stereocenters. The van der Waals surface area contributed by atoms with Crippen LogP contribution in [-0.2, 0) is 14.5 Å². The van der Waals surface area contributed by atoms with Gasteiger partial charge in [0.1, 0.15) is 5.82 Å². The number of aryl methyl sites for hydroxylation is 1. The molecule has 2 aromatic rings.